The number of carbonyl (C=O) groups excluding carboxylic acids is 1. The normalized spacial score (nSPS) is 20.9. The Hall–Kier alpha value is -2.41. The number of para-hydroxylation sites is 1. The van der Waals surface area contributed by atoms with E-state index in [1.807, 2.05) is 0 Å². The first-order chi connectivity index (χ1) is 11.6. The Kier molecular flexibility index (Phi) is 4.80. The van der Waals surface area contributed by atoms with E-state index in [0.717, 1.165) is 19.4 Å². The van der Waals surface area contributed by atoms with E-state index < -0.39 is 11.2 Å². The Morgan fingerprint density at radius 3 is 2.92 bits per heavy atom. The third-order valence-electron chi connectivity index (χ3n) is 4.58. The molecule has 2 atom stereocenters. The number of amides is 1. The smallest absolute Gasteiger partial charge is 0.328 e. The zero-order valence-corrected chi connectivity index (χ0v) is 13.7. The minimum atomic E-state index is -0.487. The summed E-state index contributed by atoms with van der Waals surface area (Å²) in [5.74, 6) is -0.0854. The summed E-state index contributed by atoms with van der Waals surface area (Å²) < 4.78 is 1.44. The average molecular weight is 330 g/mol. The summed E-state index contributed by atoms with van der Waals surface area (Å²) in [6.45, 7) is 3.27. The number of fused-ring (bicyclic) bond motifs is 1. The van der Waals surface area contributed by atoms with Crippen LogP contribution in [0.25, 0.3) is 10.9 Å². The summed E-state index contributed by atoms with van der Waals surface area (Å²) in [5, 5.41) is 6.82. The van der Waals surface area contributed by atoms with Crippen LogP contribution < -0.4 is 21.9 Å². The van der Waals surface area contributed by atoms with Gasteiger partial charge in [0, 0.05) is 25.0 Å². The molecule has 0 saturated carbocycles. The quantitative estimate of drug-likeness (QED) is 0.753. The molecule has 0 radical (unpaired) electrons. The van der Waals surface area contributed by atoms with Gasteiger partial charge in [-0.3, -0.25) is 19.1 Å². The molecule has 128 valence electrons. The van der Waals surface area contributed by atoms with Crippen LogP contribution in [0, 0.1) is 0 Å². The SMILES string of the molecule is CC1NCCCC1NC(=O)CCn1c(=O)[nH]c(=O)c2ccccc21. The highest BCUT2D eigenvalue weighted by molar-refractivity contribution is 5.79. The third kappa shape index (κ3) is 3.41. The van der Waals surface area contributed by atoms with E-state index in [1.165, 1.54) is 4.57 Å². The van der Waals surface area contributed by atoms with Gasteiger partial charge in [-0.15, -0.1) is 0 Å². The second-order valence-corrected chi connectivity index (χ2v) is 6.24. The lowest BCUT2D eigenvalue weighted by Crippen LogP contribution is -2.52. The maximum Gasteiger partial charge on any atom is 0.328 e. The van der Waals surface area contributed by atoms with Gasteiger partial charge in [0.1, 0.15) is 0 Å². The van der Waals surface area contributed by atoms with Gasteiger partial charge in [-0.2, -0.15) is 0 Å². The Morgan fingerprint density at radius 1 is 1.33 bits per heavy atom. The van der Waals surface area contributed by atoms with Gasteiger partial charge in [-0.05, 0) is 38.4 Å². The molecule has 2 unspecified atom stereocenters. The summed E-state index contributed by atoms with van der Waals surface area (Å²) in [7, 11) is 0. The largest absolute Gasteiger partial charge is 0.352 e. The molecule has 0 bridgehead atoms. The molecule has 3 rings (SSSR count). The number of aromatic amines is 1. The fraction of sp³-hybridized carbons (Fsp3) is 0.471. The topological polar surface area (TPSA) is 96.0 Å². The van der Waals surface area contributed by atoms with Crippen LogP contribution >= 0.6 is 0 Å². The van der Waals surface area contributed by atoms with E-state index >= 15 is 0 Å². The summed E-state index contributed by atoms with van der Waals surface area (Å²) >= 11 is 0. The Labute approximate surface area is 139 Å². The van der Waals surface area contributed by atoms with Crippen molar-refractivity contribution in [1.82, 2.24) is 20.2 Å². The van der Waals surface area contributed by atoms with Crippen LogP contribution in [0.1, 0.15) is 26.2 Å². The van der Waals surface area contributed by atoms with Gasteiger partial charge in [0.25, 0.3) is 5.56 Å². The molecule has 1 aromatic heterocycles. The molecule has 1 fully saturated rings. The number of benzene rings is 1. The van der Waals surface area contributed by atoms with Gasteiger partial charge in [-0.25, -0.2) is 4.79 Å². The number of nitrogens with one attached hydrogen (secondary N) is 3. The predicted molar refractivity (Wildman–Crippen MR) is 92.1 cm³/mol. The summed E-state index contributed by atoms with van der Waals surface area (Å²) in [6.07, 6.45) is 2.19. The van der Waals surface area contributed by atoms with Crippen LogP contribution in [0.3, 0.4) is 0 Å². The van der Waals surface area contributed by atoms with Gasteiger partial charge in [0.05, 0.1) is 10.9 Å². The molecular weight excluding hydrogens is 308 g/mol. The molecule has 0 spiro atoms. The first-order valence-corrected chi connectivity index (χ1v) is 8.31. The van der Waals surface area contributed by atoms with Crippen molar-refractivity contribution < 1.29 is 4.79 Å². The van der Waals surface area contributed by atoms with Crippen LogP contribution in [0.4, 0.5) is 0 Å². The minimum Gasteiger partial charge on any atom is -0.352 e. The van der Waals surface area contributed by atoms with Crippen molar-refractivity contribution in [3.63, 3.8) is 0 Å². The molecule has 24 heavy (non-hydrogen) atoms. The van der Waals surface area contributed by atoms with E-state index in [2.05, 4.69) is 22.5 Å². The number of nitrogens with zero attached hydrogens (tertiary/aromatic N) is 1. The lowest BCUT2D eigenvalue weighted by atomic mass is 10.00. The van der Waals surface area contributed by atoms with Crippen molar-refractivity contribution in [1.29, 1.82) is 0 Å². The molecule has 1 amide bonds. The number of rotatable bonds is 4. The molecule has 1 aliphatic heterocycles. The second-order valence-electron chi connectivity index (χ2n) is 6.24. The molecule has 1 saturated heterocycles. The van der Waals surface area contributed by atoms with E-state index in [-0.39, 0.29) is 31.0 Å². The number of piperidine rings is 1. The maximum atomic E-state index is 12.2. The van der Waals surface area contributed by atoms with Crippen molar-refractivity contribution in [2.75, 3.05) is 6.54 Å². The number of hydrogen-bond donors (Lipinski definition) is 3. The van der Waals surface area contributed by atoms with E-state index in [0.29, 0.717) is 10.9 Å². The molecule has 7 heteroatoms. The number of carbonyl (C=O) groups is 1. The molecule has 2 heterocycles. The molecule has 1 aliphatic rings. The van der Waals surface area contributed by atoms with Crippen LogP contribution in [0.5, 0.6) is 0 Å². The van der Waals surface area contributed by atoms with Gasteiger partial charge >= 0.3 is 5.69 Å². The van der Waals surface area contributed by atoms with Crippen molar-refractivity contribution in [3.05, 3.63) is 45.1 Å². The van der Waals surface area contributed by atoms with Crippen LogP contribution in [-0.4, -0.2) is 34.1 Å². The molecular formula is C17H22N4O3. The highest BCUT2D eigenvalue weighted by Crippen LogP contribution is 2.09. The lowest BCUT2D eigenvalue weighted by Gasteiger charge is -2.30. The van der Waals surface area contributed by atoms with Gasteiger partial charge in [0.2, 0.25) is 5.91 Å². The third-order valence-corrected chi connectivity index (χ3v) is 4.58. The predicted octanol–water partition coefficient (Wildman–Crippen LogP) is 0.337. The molecule has 1 aromatic carbocycles. The van der Waals surface area contributed by atoms with E-state index in [9.17, 15) is 14.4 Å². The Morgan fingerprint density at radius 2 is 2.12 bits per heavy atom. The molecule has 0 aliphatic carbocycles. The van der Waals surface area contributed by atoms with Crippen molar-refractivity contribution in [2.45, 2.75) is 44.8 Å². The molecule has 2 aromatic rings. The van der Waals surface area contributed by atoms with Crippen molar-refractivity contribution in [3.8, 4) is 0 Å². The zero-order chi connectivity index (χ0) is 17.1. The molecule has 3 N–H and O–H groups in total. The fourth-order valence-electron chi connectivity index (χ4n) is 3.20. The lowest BCUT2D eigenvalue weighted by molar-refractivity contribution is -0.122. The second kappa shape index (κ2) is 7.00. The number of hydrogen-bond acceptors (Lipinski definition) is 4. The highest BCUT2D eigenvalue weighted by atomic mass is 16.2. The minimum absolute atomic E-state index is 0.0854. The van der Waals surface area contributed by atoms with Gasteiger partial charge < -0.3 is 10.6 Å². The average Bonchev–Trinajstić information content (AvgIpc) is 2.57. The summed E-state index contributed by atoms with van der Waals surface area (Å²) in [6, 6.07) is 7.27. The van der Waals surface area contributed by atoms with E-state index in [1.54, 1.807) is 24.3 Å². The first kappa shape index (κ1) is 16.4. The maximum absolute atomic E-state index is 12.2. The van der Waals surface area contributed by atoms with Crippen LogP contribution in [0.2, 0.25) is 0 Å². The van der Waals surface area contributed by atoms with Crippen molar-refractivity contribution in [2.24, 2.45) is 0 Å². The molecule has 7 nitrogen and oxygen atoms in total. The first-order valence-electron chi connectivity index (χ1n) is 8.31. The fourth-order valence-corrected chi connectivity index (χ4v) is 3.20. The number of aryl methyl sites for hydroxylation is 1. The van der Waals surface area contributed by atoms with Crippen LogP contribution in [-0.2, 0) is 11.3 Å². The Balaban J connectivity index is 1.73. The van der Waals surface area contributed by atoms with E-state index in [4.69, 9.17) is 0 Å². The van der Waals surface area contributed by atoms with Crippen molar-refractivity contribution >= 4 is 16.8 Å². The number of aromatic nitrogens is 2. The van der Waals surface area contributed by atoms with Crippen LogP contribution in [0.15, 0.2) is 33.9 Å². The monoisotopic (exact) mass is 330 g/mol. The standard InChI is InChI=1S/C17H22N4O3/c1-11-13(6-4-9-18-11)19-15(22)8-10-21-14-7-3-2-5-12(14)16(23)20-17(21)24/h2-3,5,7,11,13,18H,4,6,8-10H2,1H3,(H,19,22)(H,20,23,24). The van der Waals surface area contributed by atoms with Gasteiger partial charge in [0.15, 0.2) is 0 Å². The highest BCUT2D eigenvalue weighted by Gasteiger charge is 2.22. The summed E-state index contributed by atoms with van der Waals surface area (Å²) in [4.78, 5) is 38.4. The number of H-pyrrole nitrogens is 1. The zero-order valence-electron chi connectivity index (χ0n) is 13.7. The Bertz CT molecular complexity index is 855. The van der Waals surface area contributed by atoms with Gasteiger partial charge in [-0.1, -0.05) is 12.1 Å². The summed E-state index contributed by atoms with van der Waals surface area (Å²) in [5.41, 5.74) is -0.343.